The largest absolute Gasteiger partial charge is 0.314 e. The van der Waals surface area contributed by atoms with Crippen molar-refractivity contribution in [1.29, 1.82) is 0 Å². The fourth-order valence-corrected chi connectivity index (χ4v) is 2.61. The molecule has 0 spiro atoms. The molecule has 1 aliphatic carbocycles. The molecule has 0 unspecified atom stereocenters. The number of hydrogen-bond acceptors (Lipinski definition) is 2. The van der Waals surface area contributed by atoms with Crippen molar-refractivity contribution in [3.8, 4) is 0 Å². The zero-order valence-electron chi connectivity index (χ0n) is 11.5. The van der Waals surface area contributed by atoms with Crippen LogP contribution < -0.4 is 5.32 Å². The van der Waals surface area contributed by atoms with Crippen molar-refractivity contribution in [2.45, 2.75) is 58.9 Å². The highest BCUT2D eigenvalue weighted by Gasteiger charge is 2.16. The van der Waals surface area contributed by atoms with Gasteiger partial charge in [0, 0.05) is 6.04 Å². The number of nitrogens with one attached hydrogen (secondary N) is 1. The van der Waals surface area contributed by atoms with E-state index in [0.717, 1.165) is 12.0 Å². The van der Waals surface area contributed by atoms with E-state index in [1.807, 2.05) is 0 Å². The van der Waals surface area contributed by atoms with Crippen LogP contribution in [0.2, 0.25) is 0 Å². The minimum Gasteiger partial charge on any atom is -0.314 e. The molecule has 0 aliphatic heterocycles. The summed E-state index contributed by atoms with van der Waals surface area (Å²) in [5.41, 5.74) is 0. The molecular formula is C14H30N2. The molecule has 1 rings (SSSR count). The van der Waals surface area contributed by atoms with E-state index in [2.05, 4.69) is 31.0 Å². The van der Waals surface area contributed by atoms with Crippen LogP contribution in [0.1, 0.15) is 52.9 Å². The van der Waals surface area contributed by atoms with E-state index in [9.17, 15) is 0 Å². The highest BCUT2D eigenvalue weighted by atomic mass is 15.1. The second-order valence-electron chi connectivity index (χ2n) is 5.29. The summed E-state index contributed by atoms with van der Waals surface area (Å²) in [4.78, 5) is 2.50. The molecule has 1 fully saturated rings. The highest BCUT2D eigenvalue weighted by molar-refractivity contribution is 4.75. The fourth-order valence-electron chi connectivity index (χ4n) is 2.61. The first-order valence-electron chi connectivity index (χ1n) is 7.22. The van der Waals surface area contributed by atoms with Gasteiger partial charge in [0.15, 0.2) is 0 Å². The predicted octanol–water partition coefficient (Wildman–Crippen LogP) is 2.89. The molecule has 0 saturated heterocycles. The Bertz CT molecular complexity index is 158. The summed E-state index contributed by atoms with van der Waals surface area (Å²) < 4.78 is 0. The molecular weight excluding hydrogens is 196 g/mol. The van der Waals surface area contributed by atoms with Gasteiger partial charge in [-0.15, -0.1) is 0 Å². The van der Waals surface area contributed by atoms with Crippen molar-refractivity contribution in [2.75, 3.05) is 26.2 Å². The SMILES string of the molecule is CCN(CC)CCCNC1CCC(C)CC1. The van der Waals surface area contributed by atoms with Crippen molar-refractivity contribution < 1.29 is 0 Å². The molecule has 0 aromatic rings. The monoisotopic (exact) mass is 226 g/mol. The second kappa shape index (κ2) is 8.08. The summed E-state index contributed by atoms with van der Waals surface area (Å²) >= 11 is 0. The fraction of sp³-hybridized carbons (Fsp3) is 1.00. The van der Waals surface area contributed by atoms with Gasteiger partial charge in [0.05, 0.1) is 0 Å². The van der Waals surface area contributed by atoms with Gasteiger partial charge >= 0.3 is 0 Å². The molecule has 0 radical (unpaired) electrons. The molecule has 0 heterocycles. The van der Waals surface area contributed by atoms with Crippen molar-refractivity contribution in [1.82, 2.24) is 10.2 Å². The van der Waals surface area contributed by atoms with Crippen molar-refractivity contribution in [3.63, 3.8) is 0 Å². The molecule has 1 saturated carbocycles. The average molecular weight is 226 g/mol. The van der Waals surface area contributed by atoms with Crippen LogP contribution in [0.15, 0.2) is 0 Å². The molecule has 0 aromatic carbocycles. The Kier molecular flexibility index (Phi) is 7.06. The zero-order chi connectivity index (χ0) is 11.8. The summed E-state index contributed by atoms with van der Waals surface area (Å²) in [5, 5.41) is 3.72. The average Bonchev–Trinajstić information content (AvgIpc) is 2.32. The molecule has 96 valence electrons. The molecule has 0 bridgehead atoms. The van der Waals surface area contributed by atoms with Gasteiger partial charge in [0.1, 0.15) is 0 Å². The van der Waals surface area contributed by atoms with Crippen LogP contribution >= 0.6 is 0 Å². The van der Waals surface area contributed by atoms with Crippen molar-refractivity contribution in [3.05, 3.63) is 0 Å². The first-order chi connectivity index (χ1) is 7.76. The minimum absolute atomic E-state index is 0.813. The van der Waals surface area contributed by atoms with E-state index in [1.165, 1.54) is 58.3 Å². The Morgan fingerprint density at radius 1 is 1.06 bits per heavy atom. The van der Waals surface area contributed by atoms with Gasteiger partial charge in [-0.2, -0.15) is 0 Å². The van der Waals surface area contributed by atoms with Crippen LogP contribution in [0, 0.1) is 5.92 Å². The van der Waals surface area contributed by atoms with Crippen LogP contribution in [0.3, 0.4) is 0 Å². The van der Waals surface area contributed by atoms with Gasteiger partial charge in [0.25, 0.3) is 0 Å². The standard InChI is InChI=1S/C14H30N2/c1-4-16(5-2)12-6-11-15-14-9-7-13(3)8-10-14/h13-15H,4-12H2,1-3H3. The summed E-state index contributed by atoms with van der Waals surface area (Å²) in [5.74, 6) is 0.966. The Hall–Kier alpha value is -0.0800. The summed E-state index contributed by atoms with van der Waals surface area (Å²) in [7, 11) is 0. The smallest absolute Gasteiger partial charge is 0.00672 e. The Morgan fingerprint density at radius 3 is 2.25 bits per heavy atom. The van der Waals surface area contributed by atoms with Crippen LogP contribution in [0.25, 0.3) is 0 Å². The van der Waals surface area contributed by atoms with E-state index in [1.54, 1.807) is 0 Å². The first-order valence-corrected chi connectivity index (χ1v) is 7.22. The summed E-state index contributed by atoms with van der Waals surface area (Å²) in [6, 6.07) is 0.813. The Balaban J connectivity index is 1.98. The van der Waals surface area contributed by atoms with Crippen LogP contribution in [0.5, 0.6) is 0 Å². The van der Waals surface area contributed by atoms with Gasteiger partial charge in [-0.05, 0) is 64.2 Å². The van der Waals surface area contributed by atoms with Crippen molar-refractivity contribution >= 4 is 0 Å². The van der Waals surface area contributed by atoms with Crippen LogP contribution in [-0.2, 0) is 0 Å². The Labute approximate surface area is 102 Å². The third-order valence-corrected chi connectivity index (χ3v) is 3.99. The van der Waals surface area contributed by atoms with Gasteiger partial charge in [0.2, 0.25) is 0 Å². The van der Waals surface area contributed by atoms with E-state index >= 15 is 0 Å². The van der Waals surface area contributed by atoms with E-state index < -0.39 is 0 Å². The normalized spacial score (nSPS) is 26.2. The molecule has 0 amide bonds. The zero-order valence-corrected chi connectivity index (χ0v) is 11.5. The highest BCUT2D eigenvalue weighted by Crippen LogP contribution is 2.23. The van der Waals surface area contributed by atoms with Gasteiger partial charge in [-0.25, -0.2) is 0 Å². The van der Waals surface area contributed by atoms with E-state index in [4.69, 9.17) is 0 Å². The van der Waals surface area contributed by atoms with Gasteiger partial charge in [-0.3, -0.25) is 0 Å². The predicted molar refractivity (Wildman–Crippen MR) is 71.8 cm³/mol. The lowest BCUT2D eigenvalue weighted by atomic mass is 9.87. The maximum Gasteiger partial charge on any atom is 0.00672 e. The first kappa shape index (κ1) is 14.0. The van der Waals surface area contributed by atoms with Crippen LogP contribution in [0.4, 0.5) is 0 Å². The Morgan fingerprint density at radius 2 is 1.69 bits per heavy atom. The maximum absolute atomic E-state index is 3.72. The van der Waals surface area contributed by atoms with E-state index in [0.29, 0.717) is 0 Å². The number of nitrogens with zero attached hydrogens (tertiary/aromatic N) is 1. The molecule has 1 N–H and O–H groups in total. The second-order valence-corrected chi connectivity index (χ2v) is 5.29. The summed E-state index contributed by atoms with van der Waals surface area (Å²) in [6.07, 6.45) is 6.94. The molecule has 0 atom stereocenters. The molecule has 2 nitrogen and oxygen atoms in total. The molecule has 1 aliphatic rings. The quantitative estimate of drug-likeness (QED) is 0.672. The number of rotatable bonds is 7. The topological polar surface area (TPSA) is 15.3 Å². The maximum atomic E-state index is 3.72. The molecule has 2 heteroatoms. The lowest BCUT2D eigenvalue weighted by Crippen LogP contribution is -2.35. The number of hydrogen-bond donors (Lipinski definition) is 1. The van der Waals surface area contributed by atoms with Gasteiger partial charge < -0.3 is 10.2 Å². The third kappa shape index (κ3) is 5.31. The third-order valence-electron chi connectivity index (χ3n) is 3.99. The minimum atomic E-state index is 0.813. The van der Waals surface area contributed by atoms with Gasteiger partial charge in [-0.1, -0.05) is 20.8 Å². The summed E-state index contributed by atoms with van der Waals surface area (Å²) in [6.45, 7) is 11.7. The molecule has 0 aromatic heterocycles. The van der Waals surface area contributed by atoms with E-state index in [-0.39, 0.29) is 0 Å². The lowest BCUT2D eigenvalue weighted by Gasteiger charge is -2.27. The van der Waals surface area contributed by atoms with Crippen LogP contribution in [-0.4, -0.2) is 37.1 Å². The van der Waals surface area contributed by atoms with Crippen molar-refractivity contribution in [2.24, 2.45) is 5.92 Å². The lowest BCUT2D eigenvalue weighted by molar-refractivity contribution is 0.279. The molecule has 16 heavy (non-hydrogen) atoms.